The van der Waals surface area contributed by atoms with Crippen LogP contribution in [0.3, 0.4) is 0 Å². The van der Waals surface area contributed by atoms with E-state index in [9.17, 15) is 4.79 Å². The van der Waals surface area contributed by atoms with Crippen molar-refractivity contribution in [1.82, 2.24) is 4.90 Å². The molecule has 0 N–H and O–H groups in total. The van der Waals surface area contributed by atoms with Gasteiger partial charge < -0.3 is 9.47 Å². The van der Waals surface area contributed by atoms with E-state index in [0.29, 0.717) is 29.6 Å². The van der Waals surface area contributed by atoms with E-state index in [1.807, 2.05) is 12.2 Å². The second-order valence-electron chi connectivity index (χ2n) is 10.4. The standard InChI is InChI=1S/C26H39NO3/c1-6-25(4)18(2)9-11-26(5)21(8-7-20-10-14-30-24(20)28)19(3)22(17-23(25)26)27-12-15-29-16-13-27/h7-8,10,18,21-23H,3,6,9,11-17H2,1-2,4-5H3/b8-7+. The molecule has 2 saturated carbocycles. The van der Waals surface area contributed by atoms with Gasteiger partial charge in [-0.2, -0.15) is 0 Å². The number of carbonyl (C=O) groups excluding carboxylic acids is 1. The third-order valence-corrected chi connectivity index (χ3v) is 9.30. The molecule has 4 heteroatoms. The van der Waals surface area contributed by atoms with Gasteiger partial charge in [0.05, 0.1) is 18.8 Å². The number of cyclic esters (lactones) is 1. The van der Waals surface area contributed by atoms with Gasteiger partial charge in [0, 0.05) is 25.0 Å². The van der Waals surface area contributed by atoms with Crippen LogP contribution in [0.1, 0.15) is 53.4 Å². The van der Waals surface area contributed by atoms with Crippen LogP contribution in [-0.2, 0) is 14.3 Å². The SMILES string of the molecule is C=C1C(N2CCOCC2)CC2C(C)(CC)C(C)CCC2(C)C1/C=C/C1=CCOC1=O. The van der Waals surface area contributed by atoms with Crippen LogP contribution in [-0.4, -0.2) is 49.8 Å². The van der Waals surface area contributed by atoms with Crippen molar-refractivity contribution >= 4 is 5.97 Å². The van der Waals surface area contributed by atoms with Crippen LogP contribution in [0.15, 0.2) is 36.0 Å². The van der Waals surface area contributed by atoms with Crippen LogP contribution in [0.4, 0.5) is 0 Å². The lowest BCUT2D eigenvalue weighted by Gasteiger charge is -2.63. The summed E-state index contributed by atoms with van der Waals surface area (Å²) in [7, 11) is 0. The van der Waals surface area contributed by atoms with Gasteiger partial charge in [0.25, 0.3) is 0 Å². The molecule has 1 saturated heterocycles. The Morgan fingerprint density at radius 3 is 2.67 bits per heavy atom. The van der Waals surface area contributed by atoms with Gasteiger partial charge in [-0.05, 0) is 48.0 Å². The molecule has 3 fully saturated rings. The molecule has 4 nitrogen and oxygen atoms in total. The largest absolute Gasteiger partial charge is 0.458 e. The van der Waals surface area contributed by atoms with Gasteiger partial charge >= 0.3 is 5.97 Å². The summed E-state index contributed by atoms with van der Waals surface area (Å²) in [6.07, 6.45) is 11.1. The zero-order chi connectivity index (χ0) is 21.5. The molecule has 0 amide bonds. The normalized spacial score (nSPS) is 42.9. The maximum Gasteiger partial charge on any atom is 0.338 e. The van der Waals surface area contributed by atoms with E-state index < -0.39 is 0 Å². The predicted molar refractivity (Wildman–Crippen MR) is 120 cm³/mol. The molecule has 0 aromatic rings. The lowest BCUT2D eigenvalue weighted by Crippen LogP contribution is -2.59. The number of carbonyl (C=O) groups is 1. The van der Waals surface area contributed by atoms with E-state index in [2.05, 4.69) is 45.2 Å². The van der Waals surface area contributed by atoms with Gasteiger partial charge in [-0.25, -0.2) is 4.79 Å². The highest BCUT2D eigenvalue weighted by Crippen LogP contribution is 2.64. The fraction of sp³-hybridized carbons (Fsp3) is 0.731. The summed E-state index contributed by atoms with van der Waals surface area (Å²) in [5, 5.41) is 0. The topological polar surface area (TPSA) is 38.8 Å². The Morgan fingerprint density at radius 2 is 2.03 bits per heavy atom. The molecule has 6 unspecified atom stereocenters. The van der Waals surface area contributed by atoms with Crippen molar-refractivity contribution < 1.29 is 14.3 Å². The number of fused-ring (bicyclic) bond motifs is 1. The number of allylic oxidation sites excluding steroid dienone is 1. The molecule has 2 aliphatic carbocycles. The molecule has 2 aliphatic heterocycles. The summed E-state index contributed by atoms with van der Waals surface area (Å²) in [4.78, 5) is 14.6. The summed E-state index contributed by atoms with van der Waals surface area (Å²) in [6.45, 7) is 18.5. The summed E-state index contributed by atoms with van der Waals surface area (Å²) < 4.78 is 10.8. The molecule has 0 spiro atoms. The second-order valence-corrected chi connectivity index (χ2v) is 10.4. The third kappa shape index (κ3) is 3.50. The molecule has 0 radical (unpaired) electrons. The van der Waals surface area contributed by atoms with E-state index in [0.717, 1.165) is 32.2 Å². The minimum atomic E-state index is -0.199. The Hall–Kier alpha value is -1.39. The van der Waals surface area contributed by atoms with Crippen molar-refractivity contribution in [2.24, 2.45) is 28.6 Å². The van der Waals surface area contributed by atoms with Crippen LogP contribution in [0.5, 0.6) is 0 Å². The Labute approximate surface area is 182 Å². The molecule has 2 heterocycles. The Kier molecular flexibility index (Phi) is 6.02. The van der Waals surface area contributed by atoms with Crippen LogP contribution < -0.4 is 0 Å². The monoisotopic (exact) mass is 413 g/mol. The number of rotatable bonds is 4. The molecular formula is C26H39NO3. The average Bonchev–Trinajstić information content (AvgIpc) is 3.16. The molecule has 4 aliphatic rings. The number of hydrogen-bond donors (Lipinski definition) is 0. The quantitative estimate of drug-likeness (QED) is 0.491. The minimum absolute atomic E-state index is 0.177. The maximum atomic E-state index is 12.0. The molecular weight excluding hydrogens is 374 g/mol. The van der Waals surface area contributed by atoms with Crippen LogP contribution >= 0.6 is 0 Å². The van der Waals surface area contributed by atoms with Crippen LogP contribution in [0, 0.1) is 28.6 Å². The maximum absolute atomic E-state index is 12.0. The zero-order valence-corrected chi connectivity index (χ0v) is 19.3. The smallest absolute Gasteiger partial charge is 0.338 e. The van der Waals surface area contributed by atoms with Crippen molar-refractivity contribution in [2.45, 2.75) is 59.4 Å². The molecule has 30 heavy (non-hydrogen) atoms. The summed E-state index contributed by atoms with van der Waals surface area (Å²) in [5.41, 5.74) is 2.53. The Bertz CT molecular complexity index is 749. The molecule has 4 rings (SSSR count). The molecule has 0 aromatic heterocycles. The van der Waals surface area contributed by atoms with Gasteiger partial charge in [0.1, 0.15) is 6.61 Å². The van der Waals surface area contributed by atoms with E-state index >= 15 is 0 Å². The van der Waals surface area contributed by atoms with E-state index in [1.54, 1.807) is 0 Å². The van der Waals surface area contributed by atoms with E-state index in [1.165, 1.54) is 31.3 Å². The van der Waals surface area contributed by atoms with Gasteiger partial charge in [0.2, 0.25) is 0 Å². The van der Waals surface area contributed by atoms with Crippen molar-refractivity contribution in [2.75, 3.05) is 32.9 Å². The fourth-order valence-electron chi connectivity index (χ4n) is 6.97. The highest BCUT2D eigenvalue weighted by atomic mass is 16.5. The van der Waals surface area contributed by atoms with Crippen molar-refractivity contribution in [3.05, 3.63) is 36.0 Å². The summed E-state index contributed by atoms with van der Waals surface area (Å²) in [5.74, 6) is 1.44. The highest BCUT2D eigenvalue weighted by Gasteiger charge is 2.58. The molecule has 6 atom stereocenters. The predicted octanol–water partition coefficient (Wildman–Crippen LogP) is 4.77. The first-order valence-electron chi connectivity index (χ1n) is 11.9. The first-order valence-corrected chi connectivity index (χ1v) is 11.9. The van der Waals surface area contributed by atoms with Crippen molar-refractivity contribution in [3.63, 3.8) is 0 Å². The van der Waals surface area contributed by atoms with Crippen LogP contribution in [0.2, 0.25) is 0 Å². The van der Waals surface area contributed by atoms with Gasteiger partial charge in [0.15, 0.2) is 0 Å². The number of ether oxygens (including phenoxy) is 2. The summed E-state index contributed by atoms with van der Waals surface area (Å²) in [6, 6.07) is 0.391. The third-order valence-electron chi connectivity index (χ3n) is 9.30. The van der Waals surface area contributed by atoms with Gasteiger partial charge in [-0.15, -0.1) is 0 Å². The molecule has 0 aromatic carbocycles. The first kappa shape index (κ1) is 21.8. The Morgan fingerprint density at radius 1 is 1.30 bits per heavy atom. The van der Waals surface area contributed by atoms with Crippen LogP contribution in [0.25, 0.3) is 0 Å². The molecule has 0 bridgehead atoms. The zero-order valence-electron chi connectivity index (χ0n) is 19.3. The lowest BCUT2D eigenvalue weighted by atomic mass is 9.43. The first-order chi connectivity index (χ1) is 14.3. The number of morpholine rings is 1. The average molecular weight is 414 g/mol. The highest BCUT2D eigenvalue weighted by molar-refractivity contribution is 5.93. The molecule has 166 valence electrons. The number of esters is 1. The number of hydrogen-bond acceptors (Lipinski definition) is 4. The van der Waals surface area contributed by atoms with Crippen molar-refractivity contribution in [1.29, 1.82) is 0 Å². The van der Waals surface area contributed by atoms with Gasteiger partial charge in [-0.3, -0.25) is 4.90 Å². The summed E-state index contributed by atoms with van der Waals surface area (Å²) >= 11 is 0. The fourth-order valence-corrected chi connectivity index (χ4v) is 6.97. The van der Waals surface area contributed by atoms with E-state index in [-0.39, 0.29) is 17.3 Å². The lowest BCUT2D eigenvalue weighted by molar-refractivity contribution is -0.135. The van der Waals surface area contributed by atoms with Gasteiger partial charge in [-0.1, -0.05) is 58.4 Å². The van der Waals surface area contributed by atoms with E-state index in [4.69, 9.17) is 9.47 Å². The van der Waals surface area contributed by atoms with Crippen molar-refractivity contribution in [3.8, 4) is 0 Å². The number of nitrogens with zero attached hydrogens (tertiary/aromatic N) is 1. The Balaban J connectivity index is 1.72. The second kappa shape index (κ2) is 8.27. The minimum Gasteiger partial charge on any atom is -0.458 e.